The van der Waals surface area contributed by atoms with Crippen molar-refractivity contribution in [2.45, 2.75) is 19.3 Å². The van der Waals surface area contributed by atoms with Crippen LogP contribution in [0.2, 0.25) is 5.02 Å². The highest BCUT2D eigenvalue weighted by molar-refractivity contribution is 6.30. The summed E-state index contributed by atoms with van der Waals surface area (Å²) in [6.07, 6.45) is 3.01. The number of hydrogen-bond acceptors (Lipinski definition) is 6. The van der Waals surface area contributed by atoms with Crippen LogP contribution in [0.1, 0.15) is 19.3 Å². The molecule has 3 heterocycles. The predicted molar refractivity (Wildman–Crippen MR) is 127 cm³/mol. The monoisotopic (exact) mass is 486 g/mol. The van der Waals surface area contributed by atoms with E-state index in [2.05, 4.69) is 10.3 Å². The van der Waals surface area contributed by atoms with E-state index in [1.165, 1.54) is 13.3 Å². The van der Waals surface area contributed by atoms with Crippen molar-refractivity contribution in [3.05, 3.63) is 41.6 Å². The molecule has 0 spiro atoms. The summed E-state index contributed by atoms with van der Waals surface area (Å²) in [5.41, 5.74) is 0.657. The number of aromatic nitrogens is 1. The summed E-state index contributed by atoms with van der Waals surface area (Å²) in [5.74, 6) is 0.310. The first kappa shape index (κ1) is 23.8. The van der Waals surface area contributed by atoms with E-state index in [0.717, 1.165) is 6.42 Å². The lowest BCUT2D eigenvalue weighted by atomic mass is 9.95. The topological polar surface area (TPSA) is 101 Å². The van der Waals surface area contributed by atoms with Crippen molar-refractivity contribution in [1.82, 2.24) is 9.88 Å². The van der Waals surface area contributed by atoms with Crippen LogP contribution in [0, 0.1) is 11.8 Å². The maximum Gasteiger partial charge on any atom is 0.230 e. The average molecular weight is 487 g/mol. The molecule has 9 nitrogen and oxygen atoms in total. The molecule has 34 heavy (non-hydrogen) atoms. The number of hydrogen-bond donors (Lipinski definition) is 1. The minimum atomic E-state index is -0.458. The summed E-state index contributed by atoms with van der Waals surface area (Å²) in [7, 11) is 3.08. The number of amides is 3. The van der Waals surface area contributed by atoms with E-state index in [1.54, 1.807) is 47.2 Å². The smallest absolute Gasteiger partial charge is 0.230 e. The number of carbonyl (C=O) groups is 3. The summed E-state index contributed by atoms with van der Waals surface area (Å²) in [6.45, 7) is 1.18. The third kappa shape index (κ3) is 5.09. The van der Waals surface area contributed by atoms with E-state index in [0.29, 0.717) is 47.5 Å². The molecule has 2 atom stereocenters. The number of rotatable bonds is 6. The van der Waals surface area contributed by atoms with Gasteiger partial charge in [-0.2, -0.15) is 0 Å². The number of piperidine rings is 1. The van der Waals surface area contributed by atoms with Crippen LogP contribution in [0.15, 0.2) is 36.5 Å². The maximum atomic E-state index is 13.3. The highest BCUT2D eigenvalue weighted by Gasteiger charge is 2.39. The van der Waals surface area contributed by atoms with Crippen LogP contribution in [0.5, 0.6) is 11.5 Å². The number of likely N-dealkylation sites (tertiary alicyclic amines) is 1. The molecule has 10 heteroatoms. The first-order valence-electron chi connectivity index (χ1n) is 11.1. The van der Waals surface area contributed by atoms with Gasteiger partial charge in [0.25, 0.3) is 0 Å². The lowest BCUT2D eigenvalue weighted by Gasteiger charge is -2.33. The van der Waals surface area contributed by atoms with Gasteiger partial charge in [0.1, 0.15) is 5.82 Å². The molecular weight excluding hydrogens is 460 g/mol. The average Bonchev–Trinajstić information content (AvgIpc) is 3.26. The van der Waals surface area contributed by atoms with Crippen LogP contribution >= 0.6 is 11.6 Å². The summed E-state index contributed by atoms with van der Waals surface area (Å²) >= 11 is 5.84. The van der Waals surface area contributed by atoms with Gasteiger partial charge in [-0.1, -0.05) is 11.6 Å². The molecule has 2 aromatic rings. The summed E-state index contributed by atoms with van der Waals surface area (Å²) in [5, 5.41) is 3.28. The van der Waals surface area contributed by atoms with Gasteiger partial charge in [-0.15, -0.1) is 0 Å². The molecule has 3 amide bonds. The highest BCUT2D eigenvalue weighted by atomic mass is 35.5. The quantitative estimate of drug-likeness (QED) is 0.673. The molecule has 2 aliphatic rings. The van der Waals surface area contributed by atoms with Crippen molar-refractivity contribution in [3.8, 4) is 11.5 Å². The van der Waals surface area contributed by atoms with E-state index in [1.807, 2.05) is 0 Å². The second kappa shape index (κ2) is 10.3. The van der Waals surface area contributed by atoms with Gasteiger partial charge < -0.3 is 24.6 Å². The largest absolute Gasteiger partial charge is 0.493 e. The van der Waals surface area contributed by atoms with Gasteiger partial charge in [-0.25, -0.2) is 4.98 Å². The summed E-state index contributed by atoms with van der Waals surface area (Å²) in [6, 6.07) is 8.54. The van der Waals surface area contributed by atoms with Crippen LogP contribution in [-0.2, 0) is 14.4 Å². The molecule has 1 aromatic carbocycles. The predicted octanol–water partition coefficient (Wildman–Crippen LogP) is 2.98. The van der Waals surface area contributed by atoms with Crippen molar-refractivity contribution in [3.63, 3.8) is 0 Å². The normalized spacial score (nSPS) is 20.3. The fourth-order valence-electron chi connectivity index (χ4n) is 4.44. The number of anilines is 2. The molecule has 4 rings (SSSR count). The van der Waals surface area contributed by atoms with Gasteiger partial charge in [0.05, 0.1) is 31.1 Å². The van der Waals surface area contributed by atoms with Gasteiger partial charge in [0.15, 0.2) is 11.5 Å². The summed E-state index contributed by atoms with van der Waals surface area (Å²) in [4.78, 5) is 46.1. The lowest BCUT2D eigenvalue weighted by molar-refractivity contribution is -0.138. The number of halogens is 1. The van der Waals surface area contributed by atoms with E-state index in [4.69, 9.17) is 21.1 Å². The molecule has 0 radical (unpaired) electrons. The zero-order chi connectivity index (χ0) is 24.2. The number of nitrogens with zero attached hydrogens (tertiary/aromatic N) is 3. The summed E-state index contributed by atoms with van der Waals surface area (Å²) < 4.78 is 10.6. The Morgan fingerprint density at radius 1 is 1.09 bits per heavy atom. The molecule has 180 valence electrons. The fraction of sp³-hybridized carbons (Fsp3) is 0.417. The molecule has 2 aliphatic heterocycles. The van der Waals surface area contributed by atoms with Crippen molar-refractivity contribution in [2.75, 3.05) is 44.1 Å². The highest BCUT2D eigenvalue weighted by Crippen LogP contribution is 2.34. The Hall–Kier alpha value is -3.33. The third-order valence-electron chi connectivity index (χ3n) is 6.24. The van der Waals surface area contributed by atoms with Crippen molar-refractivity contribution in [1.29, 1.82) is 0 Å². The second-order valence-electron chi connectivity index (χ2n) is 8.42. The van der Waals surface area contributed by atoms with Crippen LogP contribution in [-0.4, -0.2) is 61.5 Å². The van der Waals surface area contributed by atoms with Gasteiger partial charge in [0.2, 0.25) is 17.7 Å². The van der Waals surface area contributed by atoms with E-state index >= 15 is 0 Å². The van der Waals surface area contributed by atoms with Crippen LogP contribution in [0.25, 0.3) is 0 Å². The molecular formula is C24H27ClN4O5. The minimum Gasteiger partial charge on any atom is -0.493 e. The van der Waals surface area contributed by atoms with Crippen LogP contribution in [0.3, 0.4) is 0 Å². The van der Waals surface area contributed by atoms with Crippen molar-refractivity contribution >= 4 is 40.8 Å². The van der Waals surface area contributed by atoms with Gasteiger partial charge in [-0.05, 0) is 37.1 Å². The van der Waals surface area contributed by atoms with Crippen molar-refractivity contribution < 1.29 is 23.9 Å². The second-order valence-corrected chi connectivity index (χ2v) is 8.86. The number of benzene rings is 1. The molecule has 2 fully saturated rings. The Morgan fingerprint density at radius 2 is 1.88 bits per heavy atom. The van der Waals surface area contributed by atoms with E-state index < -0.39 is 5.92 Å². The molecule has 0 saturated carbocycles. The maximum absolute atomic E-state index is 13.3. The number of carbonyl (C=O) groups excluding carboxylic acids is 3. The van der Waals surface area contributed by atoms with Crippen LogP contribution in [0.4, 0.5) is 11.5 Å². The molecule has 1 aromatic heterocycles. The molecule has 1 N–H and O–H groups in total. The number of methoxy groups -OCH3 is 2. The van der Waals surface area contributed by atoms with Gasteiger partial charge in [0, 0.05) is 44.0 Å². The first-order chi connectivity index (χ1) is 16.4. The SMILES string of the molecule is COc1ccc(N2CC(C(=O)N3CCCC(C(=O)Nc4ccc(Cl)cn4)C3)CC2=O)cc1OC. The van der Waals surface area contributed by atoms with E-state index in [9.17, 15) is 14.4 Å². The Labute approximate surface area is 203 Å². The zero-order valence-corrected chi connectivity index (χ0v) is 19.9. The number of nitrogens with one attached hydrogen (secondary N) is 1. The Kier molecular flexibility index (Phi) is 7.21. The molecule has 0 aliphatic carbocycles. The Morgan fingerprint density at radius 3 is 2.59 bits per heavy atom. The van der Waals surface area contributed by atoms with Gasteiger partial charge in [-0.3, -0.25) is 14.4 Å². The van der Waals surface area contributed by atoms with Gasteiger partial charge >= 0.3 is 0 Å². The number of pyridine rings is 1. The zero-order valence-electron chi connectivity index (χ0n) is 19.1. The standard InChI is InChI=1S/C24H27ClN4O5/c1-33-19-7-6-18(11-20(19)34-2)29-14-16(10-22(29)30)24(32)28-9-3-4-15(13-28)23(31)27-21-8-5-17(25)12-26-21/h5-8,11-12,15-16H,3-4,9-10,13-14H2,1-2H3,(H,26,27,31). The van der Waals surface area contributed by atoms with E-state index in [-0.39, 0.29) is 36.6 Å². The Bertz CT molecular complexity index is 1080. The molecule has 2 unspecified atom stereocenters. The Balaban J connectivity index is 1.39. The van der Waals surface area contributed by atoms with Crippen LogP contribution < -0.4 is 19.7 Å². The lowest BCUT2D eigenvalue weighted by Crippen LogP contribution is -2.46. The number of ether oxygens (including phenoxy) is 2. The fourth-order valence-corrected chi connectivity index (χ4v) is 4.55. The molecule has 2 saturated heterocycles. The minimum absolute atomic E-state index is 0.0987. The van der Waals surface area contributed by atoms with Crippen molar-refractivity contribution in [2.24, 2.45) is 11.8 Å². The first-order valence-corrected chi connectivity index (χ1v) is 11.5. The third-order valence-corrected chi connectivity index (χ3v) is 6.46. The molecule has 0 bridgehead atoms.